The summed E-state index contributed by atoms with van der Waals surface area (Å²) in [6, 6.07) is 6.93. The first-order chi connectivity index (χ1) is 11.5. The Labute approximate surface area is 152 Å². The van der Waals surface area contributed by atoms with Crippen LogP contribution in [0, 0.1) is 5.92 Å². The fraction of sp³-hybridized carbons (Fsp3) is 0.471. The van der Waals surface area contributed by atoms with Crippen LogP contribution in [0.25, 0.3) is 0 Å². The topological polar surface area (TPSA) is 105 Å². The van der Waals surface area contributed by atoms with Crippen LogP contribution < -0.4 is 16.4 Å². The summed E-state index contributed by atoms with van der Waals surface area (Å²) in [5, 5.41) is 5.41. The summed E-state index contributed by atoms with van der Waals surface area (Å²) in [6.07, 6.45) is 3.53. The van der Waals surface area contributed by atoms with Crippen LogP contribution in [-0.2, 0) is 16.1 Å². The Kier molecular flexibility index (Phi) is 6.39. The van der Waals surface area contributed by atoms with E-state index in [4.69, 9.17) is 5.73 Å². The Bertz CT molecular complexity index is 651. The van der Waals surface area contributed by atoms with Gasteiger partial charge in [0.2, 0.25) is 11.8 Å². The number of hydrogen-bond acceptors (Lipinski definition) is 4. The van der Waals surface area contributed by atoms with Crippen LogP contribution in [-0.4, -0.2) is 35.3 Å². The smallest absolute Gasteiger partial charge is 0.324 e. The van der Waals surface area contributed by atoms with Gasteiger partial charge >= 0.3 is 6.03 Å². The number of halogens is 1. The zero-order chi connectivity index (χ0) is 17.1. The maximum atomic E-state index is 12.4. The normalized spacial score (nSPS) is 23.0. The van der Waals surface area contributed by atoms with Gasteiger partial charge in [0.05, 0.1) is 13.1 Å². The predicted octanol–water partition coefficient (Wildman–Crippen LogP) is 1.62. The minimum absolute atomic E-state index is 0. The molecule has 0 radical (unpaired) electrons. The Morgan fingerprint density at radius 2 is 2.12 bits per heavy atom. The molecule has 2 atom stereocenters. The molecule has 4 amide bonds. The number of nitrogens with zero attached hydrogens (tertiary/aromatic N) is 1. The number of rotatable bonds is 4. The lowest BCUT2D eigenvalue weighted by Crippen LogP contribution is -2.34. The van der Waals surface area contributed by atoms with Crippen molar-refractivity contribution < 1.29 is 14.4 Å². The van der Waals surface area contributed by atoms with Gasteiger partial charge in [-0.3, -0.25) is 14.5 Å². The molecule has 8 heteroatoms. The van der Waals surface area contributed by atoms with E-state index in [-0.39, 0.29) is 55.3 Å². The second-order valence-electron chi connectivity index (χ2n) is 6.45. The van der Waals surface area contributed by atoms with Gasteiger partial charge < -0.3 is 16.4 Å². The molecule has 2 aliphatic rings. The van der Waals surface area contributed by atoms with E-state index in [2.05, 4.69) is 10.6 Å². The van der Waals surface area contributed by atoms with E-state index in [0.29, 0.717) is 12.1 Å². The fourth-order valence-electron chi connectivity index (χ4n) is 3.26. The molecule has 1 aromatic rings. The maximum absolute atomic E-state index is 12.4. The molecule has 2 fully saturated rings. The van der Waals surface area contributed by atoms with Gasteiger partial charge in [-0.1, -0.05) is 18.6 Å². The lowest BCUT2D eigenvalue weighted by atomic mass is 9.85. The van der Waals surface area contributed by atoms with E-state index in [1.807, 2.05) is 6.07 Å². The van der Waals surface area contributed by atoms with Crippen LogP contribution >= 0.6 is 12.4 Å². The quantitative estimate of drug-likeness (QED) is 0.704. The second-order valence-corrected chi connectivity index (χ2v) is 6.45. The van der Waals surface area contributed by atoms with Crippen molar-refractivity contribution >= 4 is 35.9 Å². The van der Waals surface area contributed by atoms with E-state index in [1.54, 1.807) is 18.2 Å². The van der Waals surface area contributed by atoms with Crippen molar-refractivity contribution in [2.45, 2.75) is 38.3 Å². The molecule has 1 aromatic carbocycles. The maximum Gasteiger partial charge on any atom is 0.324 e. The van der Waals surface area contributed by atoms with Crippen LogP contribution in [0.5, 0.6) is 0 Å². The molecule has 7 nitrogen and oxygen atoms in total. The lowest BCUT2D eigenvalue weighted by molar-refractivity contribution is -0.125. The van der Waals surface area contributed by atoms with E-state index in [9.17, 15) is 14.4 Å². The molecule has 25 heavy (non-hydrogen) atoms. The largest absolute Gasteiger partial charge is 0.329 e. The molecule has 3 rings (SSSR count). The third-order valence-corrected chi connectivity index (χ3v) is 4.56. The van der Waals surface area contributed by atoms with Gasteiger partial charge in [-0.15, -0.1) is 12.4 Å². The number of urea groups is 1. The molecule has 1 saturated carbocycles. The van der Waals surface area contributed by atoms with Gasteiger partial charge in [0.1, 0.15) is 0 Å². The molecule has 2 unspecified atom stereocenters. The van der Waals surface area contributed by atoms with Gasteiger partial charge in [0.15, 0.2) is 0 Å². The third-order valence-electron chi connectivity index (χ3n) is 4.56. The molecular formula is C17H23ClN4O3. The van der Waals surface area contributed by atoms with E-state index < -0.39 is 0 Å². The number of carbonyl (C=O) groups is 3. The van der Waals surface area contributed by atoms with Crippen molar-refractivity contribution in [1.82, 2.24) is 10.2 Å². The highest BCUT2D eigenvalue weighted by atomic mass is 35.5. The number of imide groups is 1. The highest BCUT2D eigenvalue weighted by molar-refractivity contribution is 6.01. The molecule has 0 bridgehead atoms. The zero-order valence-corrected chi connectivity index (χ0v) is 14.7. The highest BCUT2D eigenvalue weighted by Crippen LogP contribution is 2.25. The van der Waals surface area contributed by atoms with Crippen LogP contribution in [0.2, 0.25) is 0 Å². The van der Waals surface area contributed by atoms with Crippen molar-refractivity contribution in [3.63, 3.8) is 0 Å². The Balaban J connectivity index is 0.00000225. The summed E-state index contributed by atoms with van der Waals surface area (Å²) in [5.74, 6) is -0.314. The van der Waals surface area contributed by atoms with Gasteiger partial charge in [-0.2, -0.15) is 0 Å². The van der Waals surface area contributed by atoms with E-state index in [0.717, 1.165) is 24.8 Å². The first-order valence-corrected chi connectivity index (χ1v) is 8.26. The number of hydrogen-bond donors (Lipinski definition) is 3. The molecule has 1 heterocycles. The predicted molar refractivity (Wildman–Crippen MR) is 96.2 cm³/mol. The molecule has 1 saturated heterocycles. The third kappa shape index (κ3) is 4.70. The Hall–Kier alpha value is -2.12. The SMILES string of the molecule is Cl.NC1CCCC(C(=O)Nc2cccc(CN3C(=O)CNC3=O)c2)C1. The number of anilines is 1. The molecule has 0 aromatic heterocycles. The van der Waals surface area contributed by atoms with Crippen LogP contribution in [0.15, 0.2) is 24.3 Å². The van der Waals surface area contributed by atoms with Gasteiger partial charge in [-0.05, 0) is 37.0 Å². The van der Waals surface area contributed by atoms with E-state index >= 15 is 0 Å². The average Bonchev–Trinajstić information content (AvgIpc) is 2.87. The lowest BCUT2D eigenvalue weighted by Gasteiger charge is -2.25. The fourth-order valence-corrected chi connectivity index (χ4v) is 3.26. The summed E-state index contributed by atoms with van der Waals surface area (Å²) in [4.78, 5) is 36.8. The molecular weight excluding hydrogens is 344 g/mol. The van der Waals surface area contributed by atoms with Gasteiger partial charge in [0.25, 0.3) is 0 Å². The number of carbonyl (C=O) groups excluding carboxylic acids is 3. The van der Waals surface area contributed by atoms with Crippen molar-refractivity contribution in [2.24, 2.45) is 11.7 Å². The number of nitrogens with two attached hydrogens (primary N) is 1. The first-order valence-electron chi connectivity index (χ1n) is 8.26. The first kappa shape index (κ1) is 19.2. The molecule has 0 spiro atoms. The standard InChI is InChI=1S/C17H22N4O3.ClH/c18-13-5-2-4-12(8-13)16(23)20-14-6-1-3-11(7-14)10-21-15(22)9-19-17(21)24;/h1,3,6-7,12-13H,2,4-5,8-10,18H2,(H,19,24)(H,20,23);1H. The number of amides is 4. The van der Waals surface area contributed by atoms with Gasteiger partial charge in [0, 0.05) is 17.6 Å². The molecule has 1 aliphatic heterocycles. The molecule has 1 aliphatic carbocycles. The summed E-state index contributed by atoms with van der Waals surface area (Å²) >= 11 is 0. The van der Waals surface area contributed by atoms with Crippen LogP contribution in [0.3, 0.4) is 0 Å². The summed E-state index contributed by atoms with van der Waals surface area (Å²) < 4.78 is 0. The average molecular weight is 367 g/mol. The second kappa shape index (κ2) is 8.31. The zero-order valence-electron chi connectivity index (χ0n) is 13.9. The van der Waals surface area contributed by atoms with Crippen molar-refractivity contribution in [3.8, 4) is 0 Å². The van der Waals surface area contributed by atoms with Crippen molar-refractivity contribution in [1.29, 1.82) is 0 Å². The van der Waals surface area contributed by atoms with Crippen LogP contribution in [0.1, 0.15) is 31.2 Å². The number of benzene rings is 1. The van der Waals surface area contributed by atoms with Crippen LogP contribution in [0.4, 0.5) is 10.5 Å². The summed E-state index contributed by atoms with van der Waals surface area (Å²) in [6.45, 7) is 0.236. The summed E-state index contributed by atoms with van der Waals surface area (Å²) in [7, 11) is 0. The summed E-state index contributed by atoms with van der Waals surface area (Å²) in [5.41, 5.74) is 7.40. The minimum atomic E-state index is -0.384. The minimum Gasteiger partial charge on any atom is -0.329 e. The number of nitrogens with one attached hydrogen (secondary N) is 2. The molecule has 136 valence electrons. The Morgan fingerprint density at radius 1 is 1.32 bits per heavy atom. The van der Waals surface area contributed by atoms with Gasteiger partial charge in [-0.25, -0.2) is 4.79 Å². The molecule has 4 N–H and O–H groups in total. The monoisotopic (exact) mass is 366 g/mol. The van der Waals surface area contributed by atoms with Crippen molar-refractivity contribution in [2.75, 3.05) is 11.9 Å². The highest BCUT2D eigenvalue weighted by Gasteiger charge is 2.28. The Morgan fingerprint density at radius 3 is 2.80 bits per heavy atom. The van der Waals surface area contributed by atoms with E-state index in [1.165, 1.54) is 4.90 Å². The van der Waals surface area contributed by atoms with Crippen molar-refractivity contribution in [3.05, 3.63) is 29.8 Å².